The van der Waals surface area contributed by atoms with Crippen LogP contribution in [0.2, 0.25) is 0 Å². The van der Waals surface area contributed by atoms with Crippen molar-refractivity contribution in [3.05, 3.63) is 77.7 Å². The summed E-state index contributed by atoms with van der Waals surface area (Å²) in [5.74, 6) is 0.0124. The number of carbonyl (C=O) groups is 1. The fourth-order valence-corrected chi connectivity index (χ4v) is 3.60. The zero-order chi connectivity index (χ0) is 17.9. The van der Waals surface area contributed by atoms with Gasteiger partial charge in [0, 0.05) is 18.7 Å². The van der Waals surface area contributed by atoms with Gasteiger partial charge in [-0.2, -0.15) is 0 Å². The third-order valence-electron chi connectivity index (χ3n) is 4.86. The molecule has 0 aliphatic carbocycles. The first-order valence-electron chi connectivity index (χ1n) is 8.75. The van der Waals surface area contributed by atoms with Crippen LogP contribution in [0.5, 0.6) is 0 Å². The van der Waals surface area contributed by atoms with Crippen LogP contribution in [0.4, 0.5) is 0 Å². The minimum atomic E-state index is -0.858. The highest BCUT2D eigenvalue weighted by atomic mass is 16.4. The second kappa shape index (κ2) is 7.14. The van der Waals surface area contributed by atoms with Gasteiger partial charge in [0.1, 0.15) is 6.26 Å². The number of oxazole rings is 1. The zero-order valence-electron chi connectivity index (χ0n) is 14.3. The maximum Gasteiger partial charge on any atom is 0.335 e. The molecule has 1 aliphatic heterocycles. The van der Waals surface area contributed by atoms with Gasteiger partial charge in [0.25, 0.3) is 0 Å². The van der Waals surface area contributed by atoms with Crippen molar-refractivity contribution in [2.24, 2.45) is 0 Å². The van der Waals surface area contributed by atoms with Gasteiger partial charge in [-0.15, -0.1) is 0 Å². The van der Waals surface area contributed by atoms with Gasteiger partial charge in [0.15, 0.2) is 0 Å². The number of hydrogen-bond donors (Lipinski definition) is 1. The van der Waals surface area contributed by atoms with E-state index in [4.69, 9.17) is 4.42 Å². The van der Waals surface area contributed by atoms with Crippen LogP contribution in [0.3, 0.4) is 0 Å². The summed E-state index contributed by atoms with van der Waals surface area (Å²) in [4.78, 5) is 18.3. The Morgan fingerprint density at radius 3 is 2.73 bits per heavy atom. The van der Waals surface area contributed by atoms with Crippen molar-refractivity contribution in [1.29, 1.82) is 0 Å². The van der Waals surface area contributed by atoms with Gasteiger partial charge in [-0.3, -0.25) is 4.90 Å². The predicted molar refractivity (Wildman–Crippen MR) is 98.0 cm³/mol. The summed E-state index contributed by atoms with van der Waals surface area (Å²) in [5, 5.41) is 9.40. The number of benzene rings is 2. The van der Waals surface area contributed by atoms with Crippen molar-refractivity contribution in [3.63, 3.8) is 0 Å². The van der Waals surface area contributed by atoms with Crippen LogP contribution in [-0.4, -0.2) is 34.0 Å². The maximum atomic E-state index is 11.5. The van der Waals surface area contributed by atoms with Gasteiger partial charge in [0.05, 0.1) is 11.3 Å². The lowest BCUT2D eigenvalue weighted by molar-refractivity contribution is 0.0695. The molecule has 3 aromatic rings. The highest BCUT2D eigenvalue weighted by Crippen LogP contribution is 2.30. The van der Waals surface area contributed by atoms with Gasteiger partial charge < -0.3 is 9.52 Å². The van der Waals surface area contributed by atoms with Crippen LogP contribution in [-0.2, 0) is 6.54 Å². The fourth-order valence-electron chi connectivity index (χ4n) is 3.60. The molecule has 0 radical (unpaired) electrons. The quantitative estimate of drug-likeness (QED) is 0.754. The van der Waals surface area contributed by atoms with Crippen LogP contribution in [0, 0.1) is 0 Å². The van der Waals surface area contributed by atoms with Crippen LogP contribution >= 0.6 is 0 Å². The first-order valence-corrected chi connectivity index (χ1v) is 8.75. The Morgan fingerprint density at radius 2 is 1.92 bits per heavy atom. The average Bonchev–Trinajstić information content (AvgIpc) is 3.32. The maximum absolute atomic E-state index is 11.5. The number of aromatic nitrogens is 1. The van der Waals surface area contributed by atoms with E-state index in [1.807, 2.05) is 42.5 Å². The van der Waals surface area contributed by atoms with Crippen molar-refractivity contribution < 1.29 is 14.3 Å². The molecule has 1 fully saturated rings. The third kappa shape index (κ3) is 3.39. The van der Waals surface area contributed by atoms with Crippen molar-refractivity contribution >= 4 is 5.97 Å². The average molecular weight is 348 g/mol. The molecule has 0 bridgehead atoms. The first-order chi connectivity index (χ1) is 12.7. The Bertz CT molecular complexity index is 904. The summed E-state index contributed by atoms with van der Waals surface area (Å²) in [5.41, 5.74) is 3.20. The molecule has 0 amide bonds. The first kappa shape index (κ1) is 16.5. The van der Waals surface area contributed by atoms with E-state index in [1.165, 1.54) is 0 Å². The molecule has 5 heteroatoms. The van der Waals surface area contributed by atoms with Gasteiger partial charge >= 0.3 is 5.97 Å². The molecule has 1 unspecified atom stereocenters. The SMILES string of the molecule is O=C(O)c1ccccc1C1CCN(Cc2coc(-c3ccccc3)n2)C1. The third-order valence-corrected chi connectivity index (χ3v) is 4.86. The van der Waals surface area contributed by atoms with E-state index in [0.29, 0.717) is 18.0 Å². The van der Waals surface area contributed by atoms with Crippen LogP contribution in [0.25, 0.3) is 11.5 Å². The largest absolute Gasteiger partial charge is 0.478 e. The predicted octanol–water partition coefficient (Wildman–Crippen LogP) is 4.03. The van der Waals surface area contributed by atoms with Gasteiger partial charge in [-0.05, 0) is 42.6 Å². The molecule has 1 atom stereocenters. The highest BCUT2D eigenvalue weighted by Gasteiger charge is 2.27. The lowest BCUT2D eigenvalue weighted by atomic mass is 9.93. The summed E-state index contributed by atoms with van der Waals surface area (Å²) in [6, 6.07) is 17.1. The fraction of sp³-hybridized carbons (Fsp3) is 0.238. The molecule has 132 valence electrons. The molecular formula is C21H20N2O3. The lowest BCUT2D eigenvalue weighted by Gasteiger charge is -2.16. The van der Waals surface area contributed by atoms with E-state index in [-0.39, 0.29) is 5.92 Å². The topological polar surface area (TPSA) is 66.6 Å². The summed E-state index contributed by atoms with van der Waals surface area (Å²) < 4.78 is 5.61. The second-order valence-corrected chi connectivity index (χ2v) is 6.62. The van der Waals surface area contributed by atoms with Gasteiger partial charge in [-0.25, -0.2) is 9.78 Å². The Kier molecular flexibility index (Phi) is 4.54. The Hall–Kier alpha value is -2.92. The molecule has 1 saturated heterocycles. The molecule has 5 nitrogen and oxygen atoms in total. The minimum absolute atomic E-state index is 0.239. The number of carboxylic acids is 1. The normalized spacial score (nSPS) is 17.5. The number of nitrogens with zero attached hydrogens (tertiary/aromatic N) is 2. The summed E-state index contributed by atoms with van der Waals surface area (Å²) in [6.45, 7) is 2.46. The van der Waals surface area contributed by atoms with Crippen molar-refractivity contribution in [2.75, 3.05) is 13.1 Å². The molecule has 1 aliphatic rings. The smallest absolute Gasteiger partial charge is 0.335 e. The van der Waals surface area contributed by atoms with Gasteiger partial charge in [-0.1, -0.05) is 36.4 Å². The van der Waals surface area contributed by atoms with E-state index in [2.05, 4.69) is 9.88 Å². The van der Waals surface area contributed by atoms with E-state index in [9.17, 15) is 9.90 Å². The molecule has 2 heterocycles. The number of rotatable bonds is 5. The van der Waals surface area contributed by atoms with Crippen LogP contribution < -0.4 is 0 Å². The van der Waals surface area contributed by atoms with E-state index >= 15 is 0 Å². The molecule has 1 N–H and O–H groups in total. The molecule has 2 aromatic carbocycles. The highest BCUT2D eigenvalue weighted by molar-refractivity contribution is 5.89. The number of aromatic carboxylic acids is 1. The summed E-state index contributed by atoms with van der Waals surface area (Å²) in [7, 11) is 0. The zero-order valence-corrected chi connectivity index (χ0v) is 14.3. The van der Waals surface area contributed by atoms with E-state index in [1.54, 1.807) is 18.4 Å². The van der Waals surface area contributed by atoms with Crippen molar-refractivity contribution in [1.82, 2.24) is 9.88 Å². The Balaban J connectivity index is 1.44. The van der Waals surface area contributed by atoms with Crippen LogP contribution in [0.15, 0.2) is 65.3 Å². The van der Waals surface area contributed by atoms with Crippen molar-refractivity contribution in [3.8, 4) is 11.5 Å². The van der Waals surface area contributed by atoms with E-state index < -0.39 is 5.97 Å². The van der Waals surface area contributed by atoms with Gasteiger partial charge in [0.2, 0.25) is 5.89 Å². The molecule has 1 aromatic heterocycles. The number of likely N-dealkylation sites (tertiary alicyclic amines) is 1. The molecule has 4 rings (SSSR count). The monoisotopic (exact) mass is 348 g/mol. The lowest BCUT2D eigenvalue weighted by Crippen LogP contribution is -2.20. The Morgan fingerprint density at radius 1 is 1.15 bits per heavy atom. The molecule has 0 spiro atoms. The molecule has 0 saturated carbocycles. The summed E-state index contributed by atoms with van der Waals surface area (Å²) >= 11 is 0. The standard InChI is InChI=1S/C21H20N2O3/c24-21(25)19-9-5-4-8-18(19)16-10-11-23(12-16)13-17-14-26-20(22-17)15-6-2-1-3-7-15/h1-9,14,16H,10-13H2,(H,24,25). The molecular weight excluding hydrogens is 328 g/mol. The van der Waals surface area contributed by atoms with Crippen LogP contribution in [0.1, 0.15) is 34.0 Å². The summed E-state index contributed by atoms with van der Waals surface area (Å²) in [6.07, 6.45) is 2.66. The Labute approximate surface area is 151 Å². The number of hydrogen-bond acceptors (Lipinski definition) is 4. The second-order valence-electron chi connectivity index (χ2n) is 6.62. The van der Waals surface area contributed by atoms with Crippen molar-refractivity contribution in [2.45, 2.75) is 18.9 Å². The molecule has 26 heavy (non-hydrogen) atoms. The number of carboxylic acid groups (broad SMARTS) is 1. The van der Waals surface area contributed by atoms with E-state index in [0.717, 1.165) is 36.3 Å². The minimum Gasteiger partial charge on any atom is -0.478 e.